The number of hydrogen-bond donors (Lipinski definition) is 0. The fourth-order valence-electron chi connectivity index (χ4n) is 1.33. The first kappa shape index (κ1) is 9.03. The van der Waals surface area contributed by atoms with Crippen molar-refractivity contribution in [2.24, 2.45) is 5.92 Å². The second-order valence-corrected chi connectivity index (χ2v) is 2.96. The second kappa shape index (κ2) is 4.09. The Balaban J connectivity index is 2.23. The van der Waals surface area contributed by atoms with Crippen LogP contribution >= 0.6 is 0 Å². The lowest BCUT2D eigenvalue weighted by Gasteiger charge is -2.05. The van der Waals surface area contributed by atoms with Gasteiger partial charge >= 0.3 is 11.9 Å². The third kappa shape index (κ3) is 2.53. The molecule has 0 unspecified atom stereocenters. The zero-order valence-electron chi connectivity index (χ0n) is 7.04. The minimum Gasteiger partial charge on any atom is -0.248 e. The summed E-state index contributed by atoms with van der Waals surface area (Å²) in [6.45, 7) is 1.20. The highest BCUT2D eigenvalue weighted by molar-refractivity contribution is 5.73. The maximum Gasteiger partial charge on any atom is 0.358 e. The summed E-state index contributed by atoms with van der Waals surface area (Å²) in [6, 6.07) is 0. The van der Waals surface area contributed by atoms with E-state index in [0.717, 1.165) is 25.7 Å². The van der Waals surface area contributed by atoms with Gasteiger partial charge in [-0.1, -0.05) is 12.8 Å². The van der Waals surface area contributed by atoms with Gasteiger partial charge in [0.2, 0.25) is 0 Å². The van der Waals surface area contributed by atoms with Crippen molar-refractivity contribution < 1.29 is 19.4 Å². The molecule has 0 bridgehead atoms. The molecule has 0 saturated heterocycles. The van der Waals surface area contributed by atoms with Gasteiger partial charge in [-0.3, -0.25) is 0 Å². The highest BCUT2D eigenvalue weighted by atomic mass is 17.2. The van der Waals surface area contributed by atoms with Crippen molar-refractivity contribution in [3.05, 3.63) is 0 Å². The second-order valence-electron chi connectivity index (χ2n) is 2.96. The quantitative estimate of drug-likeness (QED) is 0.440. The average molecular weight is 172 g/mol. The first-order valence-corrected chi connectivity index (χ1v) is 4.09. The molecule has 0 aromatic carbocycles. The van der Waals surface area contributed by atoms with Crippen LogP contribution in [0.1, 0.15) is 32.6 Å². The minimum atomic E-state index is -0.596. The largest absolute Gasteiger partial charge is 0.358 e. The molecule has 68 valence electrons. The molecule has 0 atom stereocenters. The van der Waals surface area contributed by atoms with E-state index in [9.17, 15) is 9.59 Å². The summed E-state index contributed by atoms with van der Waals surface area (Å²) in [5, 5.41) is 0. The van der Waals surface area contributed by atoms with Gasteiger partial charge in [0.15, 0.2) is 0 Å². The molecule has 0 aliphatic heterocycles. The molecule has 0 radical (unpaired) electrons. The molecule has 0 heterocycles. The Morgan fingerprint density at radius 3 is 2.25 bits per heavy atom. The Kier molecular flexibility index (Phi) is 3.08. The molecule has 12 heavy (non-hydrogen) atoms. The van der Waals surface area contributed by atoms with Gasteiger partial charge in [0, 0.05) is 6.92 Å². The van der Waals surface area contributed by atoms with E-state index < -0.39 is 11.9 Å². The summed E-state index contributed by atoms with van der Waals surface area (Å²) in [5.41, 5.74) is 0. The van der Waals surface area contributed by atoms with Gasteiger partial charge in [-0.2, -0.15) is 0 Å². The Morgan fingerprint density at radius 1 is 1.17 bits per heavy atom. The predicted octanol–water partition coefficient (Wildman–Crippen LogP) is 1.20. The number of rotatable bonds is 1. The van der Waals surface area contributed by atoms with Gasteiger partial charge in [0.1, 0.15) is 0 Å². The summed E-state index contributed by atoms with van der Waals surface area (Å²) >= 11 is 0. The molecule has 1 rings (SSSR count). The lowest BCUT2D eigenvalue weighted by molar-refractivity contribution is -0.260. The van der Waals surface area contributed by atoms with Crippen molar-refractivity contribution in [3.8, 4) is 0 Å². The van der Waals surface area contributed by atoms with Crippen LogP contribution in [0.4, 0.5) is 0 Å². The van der Waals surface area contributed by atoms with Crippen LogP contribution in [0.25, 0.3) is 0 Å². The highest BCUT2D eigenvalue weighted by Crippen LogP contribution is 2.25. The molecule has 0 N–H and O–H groups in total. The van der Waals surface area contributed by atoms with E-state index >= 15 is 0 Å². The third-order valence-electron chi connectivity index (χ3n) is 1.93. The van der Waals surface area contributed by atoms with E-state index in [-0.39, 0.29) is 5.92 Å². The van der Waals surface area contributed by atoms with E-state index in [1.54, 1.807) is 0 Å². The Hall–Kier alpha value is -1.06. The molecule has 0 spiro atoms. The normalized spacial score (nSPS) is 17.4. The summed E-state index contributed by atoms with van der Waals surface area (Å²) in [5.74, 6) is -1.08. The van der Waals surface area contributed by atoms with Crippen molar-refractivity contribution in [2.75, 3.05) is 0 Å². The van der Waals surface area contributed by atoms with Crippen molar-refractivity contribution >= 4 is 11.9 Å². The molecular formula is C8H12O4. The SMILES string of the molecule is CC(=O)OOC(=O)C1CCCC1. The van der Waals surface area contributed by atoms with Gasteiger partial charge in [-0.25, -0.2) is 19.4 Å². The smallest absolute Gasteiger partial charge is 0.248 e. The first-order chi connectivity index (χ1) is 5.70. The van der Waals surface area contributed by atoms with E-state index in [2.05, 4.69) is 9.78 Å². The minimum absolute atomic E-state index is 0.0654. The van der Waals surface area contributed by atoms with Gasteiger partial charge in [-0.15, -0.1) is 0 Å². The van der Waals surface area contributed by atoms with Gasteiger partial charge in [0.25, 0.3) is 0 Å². The summed E-state index contributed by atoms with van der Waals surface area (Å²) in [4.78, 5) is 29.7. The van der Waals surface area contributed by atoms with E-state index in [4.69, 9.17) is 0 Å². The van der Waals surface area contributed by atoms with Crippen LogP contribution in [0, 0.1) is 5.92 Å². The molecule has 1 saturated carbocycles. The van der Waals surface area contributed by atoms with Crippen LogP contribution in [0.2, 0.25) is 0 Å². The van der Waals surface area contributed by atoms with Crippen LogP contribution in [0.5, 0.6) is 0 Å². The molecule has 0 aromatic rings. The monoisotopic (exact) mass is 172 g/mol. The maximum atomic E-state index is 11.1. The van der Waals surface area contributed by atoms with E-state index in [1.807, 2.05) is 0 Å². The van der Waals surface area contributed by atoms with Gasteiger partial charge in [0.05, 0.1) is 5.92 Å². The summed E-state index contributed by atoms with van der Waals surface area (Å²) < 4.78 is 0. The van der Waals surface area contributed by atoms with Crippen LogP contribution in [0.15, 0.2) is 0 Å². The summed E-state index contributed by atoms with van der Waals surface area (Å²) in [7, 11) is 0. The molecule has 0 aromatic heterocycles. The molecule has 0 amide bonds. The molecule has 1 fully saturated rings. The van der Waals surface area contributed by atoms with Crippen molar-refractivity contribution in [3.63, 3.8) is 0 Å². The zero-order chi connectivity index (χ0) is 8.97. The number of carbonyl (C=O) groups is 2. The van der Waals surface area contributed by atoms with Crippen molar-refractivity contribution in [1.82, 2.24) is 0 Å². The van der Waals surface area contributed by atoms with Crippen molar-refractivity contribution in [1.29, 1.82) is 0 Å². The lowest BCUT2D eigenvalue weighted by atomic mass is 10.1. The highest BCUT2D eigenvalue weighted by Gasteiger charge is 2.25. The number of hydrogen-bond acceptors (Lipinski definition) is 4. The van der Waals surface area contributed by atoms with Crippen LogP contribution in [0.3, 0.4) is 0 Å². The molecule has 1 aliphatic rings. The van der Waals surface area contributed by atoms with Crippen molar-refractivity contribution in [2.45, 2.75) is 32.6 Å². The van der Waals surface area contributed by atoms with E-state index in [0.29, 0.717) is 0 Å². The Bertz CT molecular complexity index is 181. The first-order valence-electron chi connectivity index (χ1n) is 4.09. The Morgan fingerprint density at radius 2 is 1.75 bits per heavy atom. The molecule has 4 heteroatoms. The number of carbonyl (C=O) groups excluding carboxylic acids is 2. The predicted molar refractivity (Wildman–Crippen MR) is 39.8 cm³/mol. The molecular weight excluding hydrogens is 160 g/mol. The van der Waals surface area contributed by atoms with Gasteiger partial charge in [-0.05, 0) is 12.8 Å². The standard InChI is InChI=1S/C8H12O4/c1-6(9)11-12-8(10)7-4-2-3-5-7/h7H,2-5H2,1H3. The summed E-state index contributed by atoms with van der Waals surface area (Å²) in [6.07, 6.45) is 3.81. The van der Waals surface area contributed by atoms with Crippen LogP contribution in [-0.2, 0) is 19.4 Å². The topological polar surface area (TPSA) is 52.6 Å². The lowest BCUT2D eigenvalue weighted by Crippen LogP contribution is -2.16. The van der Waals surface area contributed by atoms with E-state index in [1.165, 1.54) is 6.92 Å². The van der Waals surface area contributed by atoms with Gasteiger partial charge < -0.3 is 0 Å². The Labute approximate surface area is 70.8 Å². The molecule has 4 nitrogen and oxygen atoms in total. The fourth-order valence-corrected chi connectivity index (χ4v) is 1.33. The van der Waals surface area contributed by atoms with Crippen LogP contribution in [-0.4, -0.2) is 11.9 Å². The molecule has 1 aliphatic carbocycles. The maximum absolute atomic E-state index is 11.1. The third-order valence-corrected chi connectivity index (χ3v) is 1.93. The fraction of sp³-hybridized carbons (Fsp3) is 0.750. The average Bonchev–Trinajstić information content (AvgIpc) is 2.51. The van der Waals surface area contributed by atoms with Crippen LogP contribution < -0.4 is 0 Å². The zero-order valence-corrected chi connectivity index (χ0v) is 7.04.